The molecule has 47 heavy (non-hydrogen) atoms. The Kier molecular flexibility index (Phi) is 15.7. The highest BCUT2D eigenvalue weighted by atomic mass is 31.2. The molecule has 0 heterocycles. The van der Waals surface area contributed by atoms with E-state index in [1.807, 2.05) is 42.5 Å². The van der Waals surface area contributed by atoms with Gasteiger partial charge in [-0.15, -0.1) is 0 Å². The molecule has 0 saturated carbocycles. The summed E-state index contributed by atoms with van der Waals surface area (Å²) in [5.74, 6) is 1.48. The number of hydrogen-bond donors (Lipinski definition) is 3. The number of benzene rings is 4. The van der Waals surface area contributed by atoms with Crippen LogP contribution in [0.5, 0.6) is 11.5 Å². The topological polar surface area (TPSA) is 141 Å². The van der Waals surface area contributed by atoms with Gasteiger partial charge in [-0.3, -0.25) is 9.32 Å². The molecule has 9 nitrogen and oxygen atoms in total. The van der Waals surface area contributed by atoms with Crippen molar-refractivity contribution in [2.75, 3.05) is 26.9 Å². The van der Waals surface area contributed by atoms with E-state index in [0.29, 0.717) is 31.7 Å². The van der Waals surface area contributed by atoms with Crippen molar-refractivity contribution in [3.8, 4) is 22.6 Å². The summed E-state index contributed by atoms with van der Waals surface area (Å²) in [6.45, 7) is 0.805. The number of rotatable bonds is 19. The van der Waals surface area contributed by atoms with E-state index in [1.165, 1.54) is 16.7 Å². The Hall–Kier alpha value is -3.98. The first kappa shape index (κ1) is 37.5. The van der Waals surface area contributed by atoms with E-state index in [9.17, 15) is 9.36 Å². The van der Waals surface area contributed by atoms with E-state index in [1.54, 1.807) is 12.0 Å². The van der Waals surface area contributed by atoms with Gasteiger partial charge in [0.2, 0.25) is 5.91 Å². The second kappa shape index (κ2) is 19.6. The summed E-state index contributed by atoms with van der Waals surface area (Å²) in [6, 6.07) is 34.7. The fraction of sp³-hybridized carbons (Fsp3) is 0.324. The largest absolute Gasteiger partial charge is 0.497 e. The number of methoxy groups -OCH3 is 1. The number of phosphoric acid groups is 1. The molecule has 0 radical (unpaired) electrons. The predicted octanol–water partition coefficient (Wildman–Crippen LogP) is 7.78. The molecule has 0 saturated heterocycles. The van der Waals surface area contributed by atoms with Crippen molar-refractivity contribution in [2.45, 2.75) is 51.5 Å². The van der Waals surface area contributed by atoms with Gasteiger partial charge in [0.05, 0.1) is 20.3 Å². The molecule has 0 unspecified atom stereocenters. The molecule has 0 aliphatic rings. The summed E-state index contributed by atoms with van der Waals surface area (Å²) >= 11 is 0. The molecule has 10 heteroatoms. The fourth-order valence-corrected chi connectivity index (χ4v) is 5.50. The minimum Gasteiger partial charge on any atom is -0.497 e. The number of carbonyl (C=O) groups is 1. The van der Waals surface area contributed by atoms with Gasteiger partial charge in [0.15, 0.2) is 0 Å². The lowest BCUT2D eigenvalue weighted by Gasteiger charge is -2.23. The third-order valence-electron chi connectivity index (χ3n) is 7.70. The summed E-state index contributed by atoms with van der Waals surface area (Å²) in [7, 11) is -3.02. The smallest absolute Gasteiger partial charge is 0.469 e. The van der Waals surface area contributed by atoms with Crippen LogP contribution in [0, 0.1) is 0 Å². The molecule has 4 aromatic rings. The maximum absolute atomic E-state index is 13.1. The summed E-state index contributed by atoms with van der Waals surface area (Å²) < 4.78 is 26.9. The average molecular weight is 663 g/mol. The monoisotopic (exact) mass is 662 g/mol. The van der Waals surface area contributed by atoms with Crippen molar-refractivity contribution < 1.29 is 33.1 Å². The minimum atomic E-state index is -4.61. The van der Waals surface area contributed by atoms with E-state index in [2.05, 4.69) is 65.2 Å². The second-order valence-corrected chi connectivity index (χ2v) is 12.4. The van der Waals surface area contributed by atoms with Crippen molar-refractivity contribution in [3.63, 3.8) is 0 Å². The molecular weight excluding hydrogens is 615 g/mol. The zero-order valence-corrected chi connectivity index (χ0v) is 28.0. The Morgan fingerprint density at radius 1 is 0.702 bits per heavy atom. The van der Waals surface area contributed by atoms with E-state index < -0.39 is 7.82 Å². The van der Waals surface area contributed by atoms with Crippen LogP contribution >= 0.6 is 7.82 Å². The molecule has 4 rings (SSSR count). The predicted molar refractivity (Wildman–Crippen MR) is 186 cm³/mol. The van der Waals surface area contributed by atoms with E-state index in [4.69, 9.17) is 19.3 Å². The molecule has 0 aliphatic carbocycles. The van der Waals surface area contributed by atoms with Gasteiger partial charge in [-0.25, -0.2) is 4.57 Å². The van der Waals surface area contributed by atoms with Crippen LogP contribution in [0.25, 0.3) is 11.1 Å². The van der Waals surface area contributed by atoms with E-state index in [0.717, 1.165) is 49.0 Å². The van der Waals surface area contributed by atoms with E-state index in [-0.39, 0.29) is 25.2 Å². The Balaban J connectivity index is 0.00000600. The number of hydrogen-bond acceptors (Lipinski definition) is 6. The van der Waals surface area contributed by atoms with Crippen LogP contribution in [0.4, 0.5) is 0 Å². The zero-order valence-electron chi connectivity index (χ0n) is 27.1. The minimum absolute atomic E-state index is 0. The molecule has 1 amide bonds. The molecular formula is C37H47N2O7P. The van der Waals surface area contributed by atoms with Crippen molar-refractivity contribution in [1.82, 2.24) is 11.1 Å². The first-order valence-corrected chi connectivity index (χ1v) is 17.3. The molecule has 0 aromatic heterocycles. The third kappa shape index (κ3) is 13.7. The molecule has 4 aromatic carbocycles. The number of nitrogens with zero attached hydrogens (tertiary/aromatic N) is 1. The lowest BCUT2D eigenvalue weighted by Crippen LogP contribution is -2.33. The van der Waals surface area contributed by atoms with Gasteiger partial charge < -0.3 is 30.3 Å². The van der Waals surface area contributed by atoms with Gasteiger partial charge in [-0.05, 0) is 90.6 Å². The number of unbranched alkanes of at least 4 members (excludes halogenated alkanes) is 2. The van der Waals surface area contributed by atoms with Crippen LogP contribution < -0.4 is 15.6 Å². The maximum Gasteiger partial charge on any atom is 0.469 e. The first-order chi connectivity index (χ1) is 22.3. The van der Waals surface area contributed by atoms with Gasteiger partial charge in [-0.2, -0.15) is 0 Å². The highest BCUT2D eigenvalue weighted by Gasteiger charge is 2.18. The van der Waals surface area contributed by atoms with Crippen LogP contribution in [0.1, 0.15) is 48.8 Å². The molecule has 0 bridgehead atoms. The number of carbonyl (C=O) groups excluding carboxylic acids is 1. The van der Waals surface area contributed by atoms with Gasteiger partial charge in [0.25, 0.3) is 0 Å². The SMILES string of the molecule is COc1ccc(CN(CCOP(=O)(O)O)C(=O)CCCCc2cccc(OCCCCc3ccc(-c4ccccc4)cc3)c2)cc1.N. The number of ether oxygens (including phenoxy) is 2. The van der Waals surface area contributed by atoms with E-state index >= 15 is 0 Å². The molecule has 0 spiro atoms. The van der Waals surface area contributed by atoms with Crippen LogP contribution in [-0.2, 0) is 33.3 Å². The van der Waals surface area contributed by atoms with Crippen LogP contribution in [0.2, 0.25) is 0 Å². The fourth-order valence-electron chi connectivity index (χ4n) is 5.18. The number of phosphoric ester groups is 1. The summed E-state index contributed by atoms with van der Waals surface area (Å²) in [5.41, 5.74) is 5.85. The maximum atomic E-state index is 13.1. The van der Waals surface area contributed by atoms with Crippen LogP contribution in [-0.4, -0.2) is 47.5 Å². The lowest BCUT2D eigenvalue weighted by atomic mass is 10.0. The van der Waals surface area contributed by atoms with Crippen molar-refractivity contribution in [1.29, 1.82) is 0 Å². The van der Waals surface area contributed by atoms with Gasteiger partial charge >= 0.3 is 7.82 Å². The number of aryl methyl sites for hydroxylation is 2. The summed E-state index contributed by atoms with van der Waals surface area (Å²) in [4.78, 5) is 32.7. The third-order valence-corrected chi connectivity index (χ3v) is 8.22. The highest BCUT2D eigenvalue weighted by molar-refractivity contribution is 7.46. The van der Waals surface area contributed by atoms with Crippen molar-refractivity contribution >= 4 is 13.7 Å². The first-order valence-electron chi connectivity index (χ1n) is 15.8. The summed E-state index contributed by atoms with van der Waals surface area (Å²) in [5, 5.41) is 0. The quantitative estimate of drug-likeness (QED) is 0.0683. The molecule has 0 atom stereocenters. The normalized spacial score (nSPS) is 11.0. The number of amides is 1. The second-order valence-electron chi connectivity index (χ2n) is 11.2. The molecule has 0 fully saturated rings. The molecule has 5 N–H and O–H groups in total. The van der Waals surface area contributed by atoms with Gasteiger partial charge in [-0.1, -0.05) is 78.9 Å². The highest BCUT2D eigenvalue weighted by Crippen LogP contribution is 2.35. The van der Waals surface area contributed by atoms with Crippen LogP contribution in [0.15, 0.2) is 103 Å². The van der Waals surface area contributed by atoms with Crippen molar-refractivity contribution in [2.24, 2.45) is 0 Å². The average Bonchev–Trinajstić information content (AvgIpc) is 3.06. The zero-order chi connectivity index (χ0) is 32.6. The standard InChI is InChI=1S/C37H44NO7P.H3N/c1-43-35-23-19-32(20-24-35)29-38(25-27-45-46(40,41)42)37(39)16-6-5-11-31-12-9-15-36(28-31)44-26-8-7-10-30-17-21-34(22-18-30)33-13-3-2-4-14-33;/h2-4,9,12-15,17-24,28H,5-8,10-11,16,25-27,29H2,1H3,(H2,40,41,42);1H3. The van der Waals surface area contributed by atoms with Gasteiger partial charge in [0, 0.05) is 19.5 Å². The Morgan fingerprint density at radius 3 is 2.06 bits per heavy atom. The molecule has 252 valence electrons. The van der Waals surface area contributed by atoms with Crippen LogP contribution in [0.3, 0.4) is 0 Å². The Bertz CT molecular complexity index is 1530. The Morgan fingerprint density at radius 2 is 1.36 bits per heavy atom. The summed E-state index contributed by atoms with van der Waals surface area (Å²) in [6.07, 6.45) is 5.71. The molecule has 0 aliphatic heterocycles. The lowest BCUT2D eigenvalue weighted by molar-refractivity contribution is -0.132. The van der Waals surface area contributed by atoms with Gasteiger partial charge in [0.1, 0.15) is 11.5 Å². The van der Waals surface area contributed by atoms with Crippen molar-refractivity contribution in [3.05, 3.63) is 120 Å². The Labute approximate surface area is 278 Å².